The third kappa shape index (κ3) is 4.49. The van der Waals surface area contributed by atoms with Crippen molar-refractivity contribution < 1.29 is 4.79 Å². The number of hydrogen-bond acceptors (Lipinski definition) is 1. The van der Waals surface area contributed by atoms with Crippen LogP contribution >= 0.6 is 39.1 Å². The van der Waals surface area contributed by atoms with E-state index >= 15 is 0 Å². The maximum Gasteiger partial charge on any atom is 0.252 e. The minimum atomic E-state index is -0.175. The Kier molecular flexibility index (Phi) is 5.77. The molecule has 0 aliphatic heterocycles. The zero-order valence-electron chi connectivity index (χ0n) is 9.64. The standard InChI is InChI=1S/C12H14BrCl2NO/c1-7(2)11(15)6-16-12(17)9-5-8(14)3-4-10(9)13/h3-5,7,11H,6H2,1-2H3,(H,16,17). The highest BCUT2D eigenvalue weighted by Crippen LogP contribution is 2.21. The molecule has 1 rings (SSSR count). The van der Waals surface area contributed by atoms with E-state index < -0.39 is 0 Å². The van der Waals surface area contributed by atoms with Gasteiger partial charge >= 0.3 is 0 Å². The SMILES string of the molecule is CC(C)C(Cl)CNC(=O)c1cc(Cl)ccc1Br. The van der Waals surface area contributed by atoms with Gasteiger partial charge in [0.1, 0.15) is 0 Å². The summed E-state index contributed by atoms with van der Waals surface area (Å²) in [5.41, 5.74) is 0.519. The van der Waals surface area contributed by atoms with Crippen LogP contribution in [0.5, 0.6) is 0 Å². The van der Waals surface area contributed by atoms with Crippen molar-refractivity contribution in [1.82, 2.24) is 5.32 Å². The molecule has 0 heterocycles. The van der Waals surface area contributed by atoms with E-state index in [1.165, 1.54) is 0 Å². The molecule has 0 fully saturated rings. The van der Waals surface area contributed by atoms with E-state index in [9.17, 15) is 4.79 Å². The van der Waals surface area contributed by atoms with Gasteiger partial charge in [0.25, 0.3) is 5.91 Å². The lowest BCUT2D eigenvalue weighted by molar-refractivity contribution is 0.0951. The van der Waals surface area contributed by atoms with Gasteiger partial charge in [-0.3, -0.25) is 4.79 Å². The molecule has 0 spiro atoms. The lowest BCUT2D eigenvalue weighted by Gasteiger charge is -2.14. The first-order valence-corrected chi connectivity index (χ1v) is 6.90. The molecule has 1 unspecified atom stereocenters. The van der Waals surface area contributed by atoms with Crippen molar-refractivity contribution in [2.45, 2.75) is 19.2 Å². The predicted molar refractivity (Wildman–Crippen MR) is 76.0 cm³/mol. The first-order valence-electron chi connectivity index (χ1n) is 5.29. The minimum Gasteiger partial charge on any atom is -0.351 e. The highest BCUT2D eigenvalue weighted by molar-refractivity contribution is 9.10. The summed E-state index contributed by atoms with van der Waals surface area (Å²) in [6.45, 7) is 4.47. The third-order valence-electron chi connectivity index (χ3n) is 2.35. The summed E-state index contributed by atoms with van der Waals surface area (Å²) in [5, 5.41) is 3.25. The lowest BCUT2D eigenvalue weighted by atomic mass is 10.1. The van der Waals surface area contributed by atoms with Crippen LogP contribution in [0.1, 0.15) is 24.2 Å². The number of halogens is 3. The average molecular weight is 339 g/mol. The highest BCUT2D eigenvalue weighted by atomic mass is 79.9. The summed E-state index contributed by atoms with van der Waals surface area (Å²) in [6.07, 6.45) is 0. The van der Waals surface area contributed by atoms with Crippen molar-refractivity contribution in [3.05, 3.63) is 33.3 Å². The van der Waals surface area contributed by atoms with Crippen LogP contribution in [0.3, 0.4) is 0 Å². The third-order valence-corrected chi connectivity index (χ3v) is 3.94. The number of hydrogen-bond donors (Lipinski definition) is 1. The van der Waals surface area contributed by atoms with E-state index in [0.29, 0.717) is 23.0 Å². The molecule has 1 aromatic carbocycles. The van der Waals surface area contributed by atoms with Gasteiger partial charge in [0.05, 0.1) is 10.9 Å². The largest absolute Gasteiger partial charge is 0.351 e. The fraction of sp³-hybridized carbons (Fsp3) is 0.417. The van der Waals surface area contributed by atoms with Crippen LogP contribution < -0.4 is 5.32 Å². The zero-order chi connectivity index (χ0) is 13.0. The van der Waals surface area contributed by atoms with Crippen molar-refractivity contribution in [2.24, 2.45) is 5.92 Å². The van der Waals surface area contributed by atoms with Crippen LogP contribution in [0.4, 0.5) is 0 Å². The number of carbonyl (C=O) groups excluding carboxylic acids is 1. The highest BCUT2D eigenvalue weighted by Gasteiger charge is 2.14. The number of nitrogens with one attached hydrogen (secondary N) is 1. The van der Waals surface area contributed by atoms with Crippen molar-refractivity contribution >= 4 is 45.0 Å². The number of rotatable bonds is 4. The topological polar surface area (TPSA) is 29.1 Å². The molecule has 94 valence electrons. The number of amides is 1. The fourth-order valence-electron chi connectivity index (χ4n) is 1.19. The molecule has 2 nitrogen and oxygen atoms in total. The molecule has 0 saturated carbocycles. The average Bonchev–Trinajstić information content (AvgIpc) is 2.28. The Bertz CT molecular complexity index is 409. The Morgan fingerprint density at radius 2 is 2.12 bits per heavy atom. The molecule has 1 amide bonds. The van der Waals surface area contributed by atoms with Gasteiger partial charge in [-0.05, 0) is 40.0 Å². The van der Waals surface area contributed by atoms with E-state index in [1.54, 1.807) is 18.2 Å². The second-order valence-corrected chi connectivity index (χ2v) is 5.95. The summed E-state index contributed by atoms with van der Waals surface area (Å²) in [7, 11) is 0. The molecule has 0 radical (unpaired) electrons. The van der Waals surface area contributed by atoms with E-state index in [2.05, 4.69) is 21.2 Å². The molecular formula is C12H14BrCl2NO. The van der Waals surface area contributed by atoms with Crippen LogP contribution in [-0.2, 0) is 0 Å². The number of benzene rings is 1. The molecule has 17 heavy (non-hydrogen) atoms. The van der Waals surface area contributed by atoms with Crippen LogP contribution in [0.2, 0.25) is 5.02 Å². The molecule has 1 aromatic rings. The van der Waals surface area contributed by atoms with Gasteiger partial charge in [-0.15, -0.1) is 11.6 Å². The maximum atomic E-state index is 11.9. The number of carbonyl (C=O) groups is 1. The first kappa shape index (κ1) is 14.8. The van der Waals surface area contributed by atoms with Crippen molar-refractivity contribution in [2.75, 3.05) is 6.54 Å². The molecular weight excluding hydrogens is 325 g/mol. The smallest absolute Gasteiger partial charge is 0.252 e. The predicted octanol–water partition coefficient (Wildman–Crippen LogP) is 4.10. The summed E-state index contributed by atoms with van der Waals surface area (Å²) >= 11 is 15.2. The Labute approximate surface area is 120 Å². The van der Waals surface area contributed by atoms with E-state index in [4.69, 9.17) is 23.2 Å². The van der Waals surface area contributed by atoms with E-state index in [-0.39, 0.29) is 11.3 Å². The zero-order valence-corrected chi connectivity index (χ0v) is 12.7. The summed E-state index contributed by atoms with van der Waals surface area (Å²) < 4.78 is 0.718. The first-order chi connectivity index (χ1) is 7.91. The number of alkyl halides is 1. The van der Waals surface area contributed by atoms with Crippen LogP contribution in [0.25, 0.3) is 0 Å². The second kappa shape index (κ2) is 6.62. The van der Waals surface area contributed by atoms with Gasteiger partial charge in [-0.25, -0.2) is 0 Å². The maximum absolute atomic E-state index is 11.9. The summed E-state index contributed by atoms with van der Waals surface area (Å²) in [4.78, 5) is 11.9. The van der Waals surface area contributed by atoms with Gasteiger partial charge in [-0.1, -0.05) is 25.4 Å². The Balaban J connectivity index is 2.67. The van der Waals surface area contributed by atoms with Gasteiger partial charge in [-0.2, -0.15) is 0 Å². The van der Waals surface area contributed by atoms with Crippen LogP contribution in [-0.4, -0.2) is 17.8 Å². The Hall–Kier alpha value is -0.250. The molecule has 0 aliphatic rings. The quantitative estimate of drug-likeness (QED) is 0.823. The van der Waals surface area contributed by atoms with Crippen LogP contribution in [0, 0.1) is 5.92 Å². The minimum absolute atomic E-state index is 0.0723. The second-order valence-electron chi connectivity index (χ2n) is 4.09. The van der Waals surface area contributed by atoms with Gasteiger partial charge in [0.2, 0.25) is 0 Å². The van der Waals surface area contributed by atoms with Crippen LogP contribution in [0.15, 0.2) is 22.7 Å². The normalized spacial score (nSPS) is 12.6. The molecule has 0 aromatic heterocycles. The molecule has 5 heteroatoms. The molecule has 0 saturated heterocycles. The monoisotopic (exact) mass is 337 g/mol. The van der Waals surface area contributed by atoms with Crippen molar-refractivity contribution in [1.29, 1.82) is 0 Å². The molecule has 1 N–H and O–H groups in total. The molecule has 0 bridgehead atoms. The van der Waals surface area contributed by atoms with Gasteiger partial charge in [0.15, 0.2) is 0 Å². The van der Waals surface area contributed by atoms with Gasteiger partial charge in [0, 0.05) is 16.0 Å². The fourth-order valence-corrected chi connectivity index (χ4v) is 1.87. The molecule has 1 atom stereocenters. The van der Waals surface area contributed by atoms with Gasteiger partial charge < -0.3 is 5.32 Å². The summed E-state index contributed by atoms with van der Waals surface area (Å²) in [6, 6.07) is 5.10. The molecule has 0 aliphatic carbocycles. The summed E-state index contributed by atoms with van der Waals surface area (Å²) in [5.74, 6) is 0.144. The van der Waals surface area contributed by atoms with E-state index in [1.807, 2.05) is 13.8 Å². The Morgan fingerprint density at radius 1 is 1.47 bits per heavy atom. The van der Waals surface area contributed by atoms with Crippen molar-refractivity contribution in [3.63, 3.8) is 0 Å². The van der Waals surface area contributed by atoms with E-state index in [0.717, 1.165) is 4.47 Å². The Morgan fingerprint density at radius 3 is 2.71 bits per heavy atom. The van der Waals surface area contributed by atoms with Crippen molar-refractivity contribution in [3.8, 4) is 0 Å². The lowest BCUT2D eigenvalue weighted by Crippen LogP contribution is -2.32.